The number of aromatic amines is 1. The number of rotatable bonds is 4. The summed E-state index contributed by atoms with van der Waals surface area (Å²) in [6.45, 7) is 1.76. The van der Waals surface area contributed by atoms with E-state index in [4.69, 9.17) is 4.74 Å². The van der Waals surface area contributed by atoms with Gasteiger partial charge in [0, 0.05) is 0 Å². The zero-order chi connectivity index (χ0) is 8.10. The fourth-order valence-corrected chi connectivity index (χ4v) is 0.530. The smallest absolute Gasteiger partial charge is 0.200 e. The van der Waals surface area contributed by atoms with Crippen molar-refractivity contribution in [1.82, 2.24) is 20.6 Å². The van der Waals surface area contributed by atoms with Crippen molar-refractivity contribution in [2.24, 2.45) is 0 Å². The molecule has 11 heavy (non-hydrogen) atoms. The summed E-state index contributed by atoms with van der Waals surface area (Å²) in [4.78, 5) is 10.4. The van der Waals surface area contributed by atoms with Crippen LogP contribution in [-0.2, 0) is 16.1 Å². The predicted molar refractivity (Wildman–Crippen MR) is 34.5 cm³/mol. The molecule has 60 valence electrons. The normalized spacial score (nSPS) is 9.91. The molecule has 0 amide bonds. The topological polar surface area (TPSA) is 80.8 Å². The van der Waals surface area contributed by atoms with Gasteiger partial charge in [0.1, 0.15) is 13.2 Å². The van der Waals surface area contributed by atoms with Crippen LogP contribution in [0.1, 0.15) is 12.7 Å². The Morgan fingerprint density at radius 3 is 3.09 bits per heavy atom. The van der Waals surface area contributed by atoms with Gasteiger partial charge in [-0.25, -0.2) is 0 Å². The van der Waals surface area contributed by atoms with Crippen molar-refractivity contribution in [3.63, 3.8) is 0 Å². The molecule has 1 N–H and O–H groups in total. The molecule has 1 heterocycles. The van der Waals surface area contributed by atoms with Crippen LogP contribution >= 0.6 is 0 Å². The first-order chi connectivity index (χ1) is 5.29. The van der Waals surface area contributed by atoms with E-state index >= 15 is 0 Å². The van der Waals surface area contributed by atoms with Crippen molar-refractivity contribution < 1.29 is 9.53 Å². The third kappa shape index (κ3) is 2.85. The first-order valence-corrected chi connectivity index (χ1v) is 3.08. The molecule has 0 aliphatic carbocycles. The van der Waals surface area contributed by atoms with Gasteiger partial charge in [0.2, 0.25) is 0 Å². The van der Waals surface area contributed by atoms with Crippen molar-refractivity contribution in [3.8, 4) is 0 Å². The Kier molecular flexibility index (Phi) is 2.67. The van der Waals surface area contributed by atoms with Gasteiger partial charge in [-0.2, -0.15) is 5.21 Å². The number of hydrogen-bond donors (Lipinski definition) is 1. The largest absolute Gasteiger partial charge is 0.366 e. The Morgan fingerprint density at radius 1 is 1.73 bits per heavy atom. The van der Waals surface area contributed by atoms with Crippen LogP contribution in [0.25, 0.3) is 0 Å². The minimum absolute atomic E-state index is 0.0199. The second kappa shape index (κ2) is 3.77. The lowest BCUT2D eigenvalue weighted by Crippen LogP contribution is -2.04. The van der Waals surface area contributed by atoms with E-state index in [1.165, 1.54) is 6.92 Å². The third-order valence-corrected chi connectivity index (χ3v) is 0.926. The van der Waals surface area contributed by atoms with Gasteiger partial charge in [-0.05, 0) is 6.92 Å². The predicted octanol–water partition coefficient (Wildman–Crippen LogP) is -0.695. The molecule has 0 fully saturated rings. The van der Waals surface area contributed by atoms with Crippen LogP contribution in [0.5, 0.6) is 0 Å². The molecular formula is C5H8N4O2. The van der Waals surface area contributed by atoms with Crippen molar-refractivity contribution in [2.75, 3.05) is 6.61 Å². The number of tetrazole rings is 1. The van der Waals surface area contributed by atoms with E-state index in [0.717, 1.165) is 0 Å². The third-order valence-electron chi connectivity index (χ3n) is 0.926. The number of hydrogen-bond acceptors (Lipinski definition) is 5. The van der Waals surface area contributed by atoms with Gasteiger partial charge in [0.05, 0.1) is 0 Å². The number of nitrogens with zero attached hydrogens (tertiary/aromatic N) is 3. The van der Waals surface area contributed by atoms with Crippen LogP contribution < -0.4 is 0 Å². The lowest BCUT2D eigenvalue weighted by atomic mass is 10.5. The zero-order valence-electron chi connectivity index (χ0n) is 6.07. The summed E-state index contributed by atoms with van der Waals surface area (Å²) in [7, 11) is 0. The van der Waals surface area contributed by atoms with Crippen LogP contribution in [0.4, 0.5) is 0 Å². The Labute approximate surface area is 62.9 Å². The number of carbonyl (C=O) groups is 1. The average molecular weight is 156 g/mol. The number of H-pyrrole nitrogens is 1. The van der Waals surface area contributed by atoms with E-state index in [-0.39, 0.29) is 19.0 Å². The molecule has 0 saturated carbocycles. The molecule has 0 saturated heterocycles. The van der Waals surface area contributed by atoms with E-state index < -0.39 is 0 Å². The number of carbonyl (C=O) groups excluding carboxylic acids is 1. The maximum absolute atomic E-state index is 10.4. The Morgan fingerprint density at radius 2 is 2.55 bits per heavy atom. The van der Waals surface area contributed by atoms with Crippen molar-refractivity contribution in [2.45, 2.75) is 13.5 Å². The minimum Gasteiger partial charge on any atom is -0.366 e. The molecule has 0 aromatic carbocycles. The molecule has 6 heteroatoms. The molecule has 0 aliphatic rings. The first kappa shape index (κ1) is 7.80. The van der Waals surface area contributed by atoms with Gasteiger partial charge in [0.25, 0.3) is 0 Å². The van der Waals surface area contributed by atoms with Gasteiger partial charge in [-0.15, -0.1) is 10.2 Å². The molecular weight excluding hydrogens is 148 g/mol. The van der Waals surface area contributed by atoms with E-state index in [0.29, 0.717) is 5.82 Å². The molecule has 0 unspecified atom stereocenters. The molecule has 1 aromatic heterocycles. The number of ketones is 1. The lowest BCUT2D eigenvalue weighted by molar-refractivity contribution is -0.121. The lowest BCUT2D eigenvalue weighted by Gasteiger charge is -1.94. The molecule has 1 aromatic rings. The van der Waals surface area contributed by atoms with Crippen molar-refractivity contribution in [3.05, 3.63) is 5.82 Å². The fourth-order valence-electron chi connectivity index (χ4n) is 0.530. The van der Waals surface area contributed by atoms with Crippen molar-refractivity contribution in [1.29, 1.82) is 0 Å². The van der Waals surface area contributed by atoms with Crippen LogP contribution in [0.15, 0.2) is 0 Å². The SMILES string of the molecule is CC(=O)COCc1nn[nH]n1. The fraction of sp³-hybridized carbons (Fsp3) is 0.600. The summed E-state index contributed by atoms with van der Waals surface area (Å²) < 4.78 is 4.90. The number of ether oxygens (including phenoxy) is 1. The minimum atomic E-state index is -0.0199. The molecule has 0 atom stereocenters. The highest BCUT2D eigenvalue weighted by Gasteiger charge is 1.98. The van der Waals surface area contributed by atoms with Crippen molar-refractivity contribution >= 4 is 5.78 Å². The summed E-state index contributed by atoms with van der Waals surface area (Å²) >= 11 is 0. The monoisotopic (exact) mass is 156 g/mol. The van der Waals surface area contributed by atoms with Gasteiger partial charge < -0.3 is 4.74 Å². The molecule has 0 aliphatic heterocycles. The highest BCUT2D eigenvalue weighted by molar-refractivity contribution is 5.76. The first-order valence-electron chi connectivity index (χ1n) is 3.08. The molecule has 0 bridgehead atoms. The van der Waals surface area contributed by atoms with Crippen LogP contribution in [-0.4, -0.2) is 33.0 Å². The Balaban J connectivity index is 2.19. The summed E-state index contributed by atoms with van der Waals surface area (Å²) in [5.41, 5.74) is 0. The summed E-state index contributed by atoms with van der Waals surface area (Å²) in [5, 5.41) is 12.9. The maximum Gasteiger partial charge on any atom is 0.200 e. The van der Waals surface area contributed by atoms with Crippen LogP contribution in [0.2, 0.25) is 0 Å². The number of Topliss-reactive ketones (excluding diaryl/α,β-unsaturated/α-hetero) is 1. The second-order valence-corrected chi connectivity index (χ2v) is 2.02. The van der Waals surface area contributed by atoms with E-state index in [1.807, 2.05) is 0 Å². The highest BCUT2D eigenvalue weighted by Crippen LogP contribution is 1.87. The van der Waals surface area contributed by atoms with E-state index in [9.17, 15) is 4.79 Å². The number of aromatic nitrogens is 4. The summed E-state index contributed by atoms with van der Waals surface area (Å²) in [6.07, 6.45) is 0. The summed E-state index contributed by atoms with van der Waals surface area (Å²) in [6, 6.07) is 0. The van der Waals surface area contributed by atoms with Gasteiger partial charge in [0.15, 0.2) is 11.6 Å². The quantitative estimate of drug-likeness (QED) is 0.623. The molecule has 6 nitrogen and oxygen atoms in total. The maximum atomic E-state index is 10.4. The van der Waals surface area contributed by atoms with Gasteiger partial charge >= 0.3 is 0 Å². The molecule has 1 rings (SSSR count). The second-order valence-electron chi connectivity index (χ2n) is 2.02. The van der Waals surface area contributed by atoms with Gasteiger partial charge in [-0.1, -0.05) is 5.21 Å². The average Bonchev–Trinajstić information content (AvgIpc) is 2.39. The molecule has 0 spiro atoms. The van der Waals surface area contributed by atoms with Crippen LogP contribution in [0, 0.1) is 0 Å². The van der Waals surface area contributed by atoms with Gasteiger partial charge in [-0.3, -0.25) is 4.79 Å². The number of nitrogens with one attached hydrogen (secondary N) is 1. The zero-order valence-corrected chi connectivity index (χ0v) is 6.07. The Hall–Kier alpha value is -1.30. The Bertz CT molecular complexity index is 220. The van der Waals surface area contributed by atoms with E-state index in [2.05, 4.69) is 20.6 Å². The summed E-state index contributed by atoms with van der Waals surface area (Å²) in [5.74, 6) is 0.430. The van der Waals surface area contributed by atoms with Crippen LogP contribution in [0.3, 0.4) is 0 Å². The standard InChI is InChI=1S/C5H8N4O2/c1-4(10)2-11-3-5-6-8-9-7-5/h2-3H2,1H3,(H,6,7,8,9). The highest BCUT2D eigenvalue weighted by atomic mass is 16.5. The molecule has 0 radical (unpaired) electrons. The van der Waals surface area contributed by atoms with E-state index in [1.54, 1.807) is 0 Å².